The molecular formula is C14H23NOS2. The maximum atomic E-state index is 9.00. The molecular weight excluding hydrogens is 262 g/mol. The smallest absolute Gasteiger partial charge is 0.0649 e. The first-order valence-corrected chi connectivity index (χ1v) is 8.55. The van der Waals surface area contributed by atoms with Gasteiger partial charge in [-0.3, -0.25) is 0 Å². The van der Waals surface area contributed by atoms with E-state index in [1.807, 2.05) is 23.1 Å². The van der Waals surface area contributed by atoms with Gasteiger partial charge in [0.05, 0.1) is 4.21 Å². The molecule has 0 aliphatic carbocycles. The molecule has 1 aromatic heterocycles. The van der Waals surface area contributed by atoms with Crippen LogP contribution in [0.5, 0.6) is 0 Å². The lowest BCUT2D eigenvalue weighted by Crippen LogP contribution is -2.27. The zero-order chi connectivity index (χ0) is 13.0. The zero-order valence-electron chi connectivity index (χ0n) is 11.2. The molecule has 0 amide bonds. The van der Waals surface area contributed by atoms with Gasteiger partial charge in [0.2, 0.25) is 0 Å². The molecule has 102 valence electrons. The van der Waals surface area contributed by atoms with E-state index < -0.39 is 0 Å². The molecule has 1 aliphatic heterocycles. The summed E-state index contributed by atoms with van der Waals surface area (Å²) in [7, 11) is 0. The van der Waals surface area contributed by atoms with Crippen LogP contribution in [-0.4, -0.2) is 23.5 Å². The molecule has 0 aromatic carbocycles. The predicted molar refractivity (Wildman–Crippen MR) is 80.5 cm³/mol. The number of fused-ring (bicyclic) bond motifs is 1. The van der Waals surface area contributed by atoms with Crippen molar-refractivity contribution < 1.29 is 5.11 Å². The lowest BCUT2D eigenvalue weighted by molar-refractivity contribution is 0.227. The summed E-state index contributed by atoms with van der Waals surface area (Å²) in [5.41, 5.74) is 1.50. The normalized spacial score (nSPS) is 24.8. The second-order valence-corrected chi connectivity index (χ2v) is 7.89. The van der Waals surface area contributed by atoms with Gasteiger partial charge in [0, 0.05) is 17.9 Å². The Morgan fingerprint density at radius 2 is 2.39 bits per heavy atom. The van der Waals surface area contributed by atoms with Crippen molar-refractivity contribution in [3.05, 3.63) is 17.0 Å². The van der Waals surface area contributed by atoms with Crippen LogP contribution in [0, 0.1) is 5.92 Å². The third kappa shape index (κ3) is 3.73. The number of nitrogens with one attached hydrogen (secondary N) is 1. The molecule has 2 rings (SSSR count). The highest BCUT2D eigenvalue weighted by Crippen LogP contribution is 2.43. The van der Waals surface area contributed by atoms with Crippen molar-refractivity contribution in [2.24, 2.45) is 5.92 Å². The number of hydrogen-bond acceptors (Lipinski definition) is 4. The molecule has 3 atom stereocenters. The summed E-state index contributed by atoms with van der Waals surface area (Å²) in [6.45, 7) is 5.79. The van der Waals surface area contributed by atoms with Gasteiger partial charge in [-0.1, -0.05) is 13.8 Å². The number of aliphatic hydroxyl groups is 1. The highest BCUT2D eigenvalue weighted by atomic mass is 32.2. The van der Waals surface area contributed by atoms with Crippen LogP contribution in [0.25, 0.3) is 0 Å². The highest BCUT2D eigenvalue weighted by molar-refractivity contribution is 8.01. The minimum atomic E-state index is 0.311. The number of thioether (sulfide) groups is 1. The Kier molecular flexibility index (Phi) is 5.55. The van der Waals surface area contributed by atoms with Gasteiger partial charge < -0.3 is 10.4 Å². The van der Waals surface area contributed by atoms with Gasteiger partial charge in [-0.05, 0) is 48.7 Å². The summed E-state index contributed by atoms with van der Waals surface area (Å²) in [4.78, 5) is 0. The summed E-state index contributed by atoms with van der Waals surface area (Å²) in [6, 6.07) is 2.80. The summed E-state index contributed by atoms with van der Waals surface area (Å²) in [6.07, 6.45) is 3.49. The van der Waals surface area contributed by atoms with Crippen LogP contribution < -0.4 is 5.32 Å². The van der Waals surface area contributed by atoms with Crippen LogP contribution >= 0.6 is 23.1 Å². The molecule has 0 radical (unpaired) electrons. The van der Waals surface area contributed by atoms with Gasteiger partial charge in [-0.2, -0.15) is 0 Å². The fraction of sp³-hybridized carbons (Fsp3) is 0.714. The molecule has 2 heterocycles. The standard InChI is InChI=1S/C14H23NOS2/c1-10(9-16)4-3-6-15-13-8-11(2)18-14-12(13)5-7-17-14/h5,7,10-11,13,15-16H,3-4,6,8-9H2,1-2H3/t10?,11-,13?/m0/s1. The Morgan fingerprint density at radius 3 is 3.17 bits per heavy atom. The van der Waals surface area contributed by atoms with Crippen molar-refractivity contribution in [1.29, 1.82) is 0 Å². The summed E-state index contributed by atoms with van der Waals surface area (Å²) >= 11 is 3.89. The van der Waals surface area contributed by atoms with Gasteiger partial charge in [0.15, 0.2) is 0 Å². The van der Waals surface area contributed by atoms with Gasteiger partial charge in [0.25, 0.3) is 0 Å². The first-order valence-electron chi connectivity index (χ1n) is 6.79. The second kappa shape index (κ2) is 6.94. The molecule has 0 saturated carbocycles. The lowest BCUT2D eigenvalue weighted by atomic mass is 10.0. The minimum absolute atomic E-state index is 0.311. The monoisotopic (exact) mass is 285 g/mol. The van der Waals surface area contributed by atoms with E-state index in [4.69, 9.17) is 5.11 Å². The van der Waals surface area contributed by atoms with E-state index in [1.165, 1.54) is 16.2 Å². The summed E-state index contributed by atoms with van der Waals surface area (Å²) < 4.78 is 1.50. The average Bonchev–Trinajstić information content (AvgIpc) is 2.81. The van der Waals surface area contributed by atoms with Gasteiger partial charge in [-0.25, -0.2) is 0 Å². The molecule has 4 heteroatoms. The van der Waals surface area contributed by atoms with E-state index in [2.05, 4.69) is 30.6 Å². The molecule has 18 heavy (non-hydrogen) atoms. The number of aliphatic hydroxyl groups excluding tert-OH is 1. The third-order valence-electron chi connectivity index (χ3n) is 3.49. The molecule has 1 aromatic rings. The Hall–Kier alpha value is -0.0300. The van der Waals surface area contributed by atoms with Gasteiger partial charge >= 0.3 is 0 Å². The molecule has 0 fully saturated rings. The lowest BCUT2D eigenvalue weighted by Gasteiger charge is -2.27. The van der Waals surface area contributed by atoms with Crippen LogP contribution in [0.1, 0.15) is 44.7 Å². The molecule has 1 aliphatic rings. The molecule has 0 bridgehead atoms. The number of hydrogen-bond donors (Lipinski definition) is 2. The van der Waals surface area contributed by atoms with Crippen LogP contribution in [0.2, 0.25) is 0 Å². The third-order valence-corrected chi connectivity index (χ3v) is 5.83. The molecule has 2 unspecified atom stereocenters. The van der Waals surface area contributed by atoms with Crippen molar-refractivity contribution in [3.8, 4) is 0 Å². The maximum absolute atomic E-state index is 9.00. The number of rotatable bonds is 6. The highest BCUT2D eigenvalue weighted by Gasteiger charge is 2.25. The average molecular weight is 285 g/mol. The summed E-state index contributed by atoms with van der Waals surface area (Å²) in [5, 5.41) is 15.6. The molecule has 2 nitrogen and oxygen atoms in total. The molecule has 0 spiro atoms. The Labute approximate surface area is 118 Å². The Morgan fingerprint density at radius 1 is 1.56 bits per heavy atom. The van der Waals surface area contributed by atoms with Crippen LogP contribution in [0.15, 0.2) is 15.7 Å². The van der Waals surface area contributed by atoms with E-state index >= 15 is 0 Å². The predicted octanol–water partition coefficient (Wildman–Crippen LogP) is 3.67. The van der Waals surface area contributed by atoms with E-state index in [0.717, 1.165) is 19.4 Å². The Balaban J connectivity index is 1.80. The second-order valence-electron chi connectivity index (χ2n) is 5.26. The van der Waals surface area contributed by atoms with E-state index in [1.54, 1.807) is 0 Å². The first kappa shape index (κ1) is 14.4. The van der Waals surface area contributed by atoms with Gasteiger partial charge in [0.1, 0.15) is 0 Å². The van der Waals surface area contributed by atoms with Crippen molar-refractivity contribution in [2.75, 3.05) is 13.2 Å². The first-order chi connectivity index (χ1) is 8.70. The van der Waals surface area contributed by atoms with Gasteiger partial charge in [-0.15, -0.1) is 23.1 Å². The van der Waals surface area contributed by atoms with E-state index in [-0.39, 0.29) is 0 Å². The van der Waals surface area contributed by atoms with Crippen molar-refractivity contribution in [1.82, 2.24) is 5.32 Å². The fourth-order valence-corrected chi connectivity index (χ4v) is 4.93. The number of thiophene rings is 1. The van der Waals surface area contributed by atoms with Crippen molar-refractivity contribution in [3.63, 3.8) is 0 Å². The molecule has 2 N–H and O–H groups in total. The fourth-order valence-electron chi connectivity index (χ4n) is 2.36. The van der Waals surface area contributed by atoms with Crippen LogP contribution in [0.3, 0.4) is 0 Å². The molecule has 0 saturated heterocycles. The topological polar surface area (TPSA) is 32.3 Å². The SMILES string of the molecule is CC(CO)CCCNC1C[C@H](C)Sc2sccc21. The Bertz CT molecular complexity index is 366. The largest absolute Gasteiger partial charge is 0.396 e. The van der Waals surface area contributed by atoms with Crippen LogP contribution in [-0.2, 0) is 0 Å². The van der Waals surface area contributed by atoms with Crippen molar-refractivity contribution in [2.45, 2.75) is 48.6 Å². The summed E-state index contributed by atoms with van der Waals surface area (Å²) in [5.74, 6) is 0.435. The zero-order valence-corrected chi connectivity index (χ0v) is 12.8. The quantitative estimate of drug-likeness (QED) is 0.782. The van der Waals surface area contributed by atoms with Crippen LogP contribution in [0.4, 0.5) is 0 Å². The van der Waals surface area contributed by atoms with Crippen molar-refractivity contribution >= 4 is 23.1 Å². The maximum Gasteiger partial charge on any atom is 0.0649 e. The van der Waals surface area contributed by atoms with E-state index in [0.29, 0.717) is 23.8 Å². The minimum Gasteiger partial charge on any atom is -0.396 e. The van der Waals surface area contributed by atoms with E-state index in [9.17, 15) is 0 Å².